The first-order chi connectivity index (χ1) is 9.77. The molecule has 0 radical (unpaired) electrons. The van der Waals surface area contributed by atoms with E-state index in [4.69, 9.17) is 0 Å². The Balaban J connectivity index is 2.25. The Kier molecular flexibility index (Phi) is 4.46. The van der Waals surface area contributed by atoms with E-state index in [9.17, 15) is 18.0 Å². The third-order valence-corrected chi connectivity index (χ3v) is 3.60. The van der Waals surface area contributed by atoms with Crippen molar-refractivity contribution < 1.29 is 18.0 Å². The Bertz CT molecular complexity index is 666. The summed E-state index contributed by atoms with van der Waals surface area (Å²) in [5.74, 6) is -0.399. The van der Waals surface area contributed by atoms with Gasteiger partial charge in [-0.05, 0) is 30.7 Å². The Morgan fingerprint density at radius 2 is 1.95 bits per heavy atom. The number of halogens is 4. The molecule has 1 aromatic carbocycles. The first-order valence-corrected chi connectivity index (χ1v) is 6.88. The number of carbonyl (C=O) groups is 1. The molecule has 21 heavy (non-hydrogen) atoms. The van der Waals surface area contributed by atoms with E-state index in [1.807, 2.05) is 6.92 Å². The van der Waals surface area contributed by atoms with Gasteiger partial charge in [-0.25, -0.2) is 0 Å². The van der Waals surface area contributed by atoms with Gasteiger partial charge in [0, 0.05) is 21.9 Å². The standard InChI is InChI=1S/C15H11BrF3NO/c1-9-2-4-11(20-8-9)7-14(21)10-3-5-13(16)12(6-10)15(17,18)19/h2-6,8H,7H2,1H3. The summed E-state index contributed by atoms with van der Waals surface area (Å²) in [7, 11) is 0. The Morgan fingerprint density at radius 3 is 2.52 bits per heavy atom. The molecule has 0 aliphatic carbocycles. The monoisotopic (exact) mass is 357 g/mol. The number of rotatable bonds is 3. The number of Topliss-reactive ketones (excluding diaryl/α,β-unsaturated/α-hetero) is 1. The zero-order valence-corrected chi connectivity index (χ0v) is 12.6. The van der Waals surface area contributed by atoms with Gasteiger partial charge < -0.3 is 0 Å². The van der Waals surface area contributed by atoms with Crippen molar-refractivity contribution in [1.82, 2.24) is 4.98 Å². The van der Waals surface area contributed by atoms with Crippen molar-refractivity contribution in [2.24, 2.45) is 0 Å². The van der Waals surface area contributed by atoms with E-state index in [2.05, 4.69) is 20.9 Å². The second-order valence-corrected chi connectivity index (χ2v) is 5.47. The summed E-state index contributed by atoms with van der Waals surface area (Å²) in [5, 5.41) is 0. The van der Waals surface area contributed by atoms with Crippen molar-refractivity contribution in [3.05, 3.63) is 63.4 Å². The van der Waals surface area contributed by atoms with Crippen LogP contribution in [0.5, 0.6) is 0 Å². The molecule has 0 atom stereocenters. The van der Waals surface area contributed by atoms with E-state index in [1.54, 1.807) is 18.3 Å². The van der Waals surface area contributed by atoms with Crippen LogP contribution >= 0.6 is 15.9 Å². The summed E-state index contributed by atoms with van der Waals surface area (Å²) in [6.45, 7) is 1.86. The van der Waals surface area contributed by atoms with E-state index in [-0.39, 0.29) is 16.5 Å². The minimum atomic E-state index is -4.50. The average Bonchev–Trinajstić information content (AvgIpc) is 2.40. The number of hydrogen-bond donors (Lipinski definition) is 0. The molecule has 6 heteroatoms. The molecule has 0 saturated carbocycles. The van der Waals surface area contributed by atoms with Crippen molar-refractivity contribution in [2.45, 2.75) is 19.5 Å². The molecular weight excluding hydrogens is 347 g/mol. The van der Waals surface area contributed by atoms with E-state index in [0.717, 1.165) is 11.6 Å². The zero-order chi connectivity index (χ0) is 15.6. The molecule has 0 unspecified atom stereocenters. The summed E-state index contributed by atoms with van der Waals surface area (Å²) < 4.78 is 38.3. The first-order valence-electron chi connectivity index (χ1n) is 6.09. The maximum absolute atomic E-state index is 12.8. The van der Waals surface area contributed by atoms with Crippen molar-refractivity contribution in [2.75, 3.05) is 0 Å². The van der Waals surface area contributed by atoms with E-state index in [0.29, 0.717) is 5.69 Å². The predicted octanol–water partition coefficient (Wildman–Crippen LogP) is 4.60. The van der Waals surface area contributed by atoms with Crippen molar-refractivity contribution in [1.29, 1.82) is 0 Å². The Hall–Kier alpha value is -1.69. The van der Waals surface area contributed by atoms with Crippen LogP contribution in [0.1, 0.15) is 27.2 Å². The number of hydrogen-bond acceptors (Lipinski definition) is 2. The molecule has 2 nitrogen and oxygen atoms in total. The van der Waals surface area contributed by atoms with E-state index in [1.165, 1.54) is 12.1 Å². The van der Waals surface area contributed by atoms with Gasteiger partial charge in [-0.1, -0.05) is 28.1 Å². The van der Waals surface area contributed by atoms with E-state index >= 15 is 0 Å². The molecule has 0 aliphatic heterocycles. The fourth-order valence-corrected chi connectivity index (χ4v) is 2.26. The second kappa shape index (κ2) is 5.97. The van der Waals surface area contributed by atoms with Crippen LogP contribution in [0.4, 0.5) is 13.2 Å². The lowest BCUT2D eigenvalue weighted by Gasteiger charge is -2.10. The Labute approximate surface area is 128 Å². The molecular formula is C15H11BrF3NO. The first kappa shape index (κ1) is 15.7. The summed E-state index contributed by atoms with van der Waals surface area (Å²) in [4.78, 5) is 16.1. The van der Waals surface area contributed by atoms with Crippen LogP contribution < -0.4 is 0 Å². The fourth-order valence-electron chi connectivity index (χ4n) is 1.79. The smallest absolute Gasteiger partial charge is 0.294 e. The minimum absolute atomic E-state index is 0.0212. The van der Waals surface area contributed by atoms with Crippen molar-refractivity contribution in [3.8, 4) is 0 Å². The molecule has 2 aromatic rings. The van der Waals surface area contributed by atoms with Gasteiger partial charge in [-0.2, -0.15) is 13.2 Å². The summed E-state index contributed by atoms with van der Waals surface area (Å²) in [5.41, 5.74) is 0.648. The number of nitrogens with zero attached hydrogens (tertiary/aromatic N) is 1. The zero-order valence-electron chi connectivity index (χ0n) is 11.0. The highest BCUT2D eigenvalue weighted by Crippen LogP contribution is 2.35. The summed E-state index contributed by atoms with van der Waals surface area (Å²) in [6, 6.07) is 6.96. The minimum Gasteiger partial charge on any atom is -0.294 e. The van der Waals surface area contributed by atoms with Gasteiger partial charge in [-0.3, -0.25) is 9.78 Å². The Morgan fingerprint density at radius 1 is 1.24 bits per heavy atom. The van der Waals surface area contributed by atoms with Gasteiger partial charge >= 0.3 is 6.18 Å². The highest BCUT2D eigenvalue weighted by molar-refractivity contribution is 9.10. The van der Waals surface area contributed by atoms with Gasteiger partial charge in [-0.15, -0.1) is 0 Å². The maximum atomic E-state index is 12.8. The molecule has 0 saturated heterocycles. The summed E-state index contributed by atoms with van der Waals surface area (Å²) >= 11 is 2.85. The largest absolute Gasteiger partial charge is 0.417 e. The second-order valence-electron chi connectivity index (χ2n) is 4.62. The number of alkyl halides is 3. The summed E-state index contributed by atoms with van der Waals surface area (Å²) in [6.07, 6.45) is -2.91. The number of carbonyl (C=O) groups excluding carboxylic acids is 1. The molecule has 0 bridgehead atoms. The molecule has 1 heterocycles. The van der Waals surface area contributed by atoms with E-state index < -0.39 is 17.5 Å². The number of aryl methyl sites for hydroxylation is 1. The molecule has 0 N–H and O–H groups in total. The van der Waals surface area contributed by atoms with Crippen LogP contribution in [0.3, 0.4) is 0 Å². The molecule has 0 amide bonds. The van der Waals surface area contributed by atoms with Gasteiger partial charge in [0.15, 0.2) is 5.78 Å². The lowest BCUT2D eigenvalue weighted by Crippen LogP contribution is -2.10. The lowest BCUT2D eigenvalue weighted by atomic mass is 10.0. The molecule has 110 valence electrons. The maximum Gasteiger partial charge on any atom is 0.417 e. The number of benzene rings is 1. The van der Waals surface area contributed by atoms with Crippen molar-refractivity contribution >= 4 is 21.7 Å². The number of ketones is 1. The van der Waals surface area contributed by atoms with Crippen molar-refractivity contribution in [3.63, 3.8) is 0 Å². The topological polar surface area (TPSA) is 30.0 Å². The van der Waals surface area contributed by atoms with Crippen LogP contribution in [0, 0.1) is 6.92 Å². The van der Waals surface area contributed by atoms with Gasteiger partial charge in [0.25, 0.3) is 0 Å². The van der Waals surface area contributed by atoms with Gasteiger partial charge in [0.05, 0.1) is 12.0 Å². The molecule has 0 fully saturated rings. The van der Waals surface area contributed by atoms with Gasteiger partial charge in [0.2, 0.25) is 0 Å². The van der Waals surface area contributed by atoms with Crippen LogP contribution in [-0.4, -0.2) is 10.8 Å². The quantitative estimate of drug-likeness (QED) is 0.751. The number of pyridine rings is 1. The highest BCUT2D eigenvalue weighted by Gasteiger charge is 2.33. The molecule has 0 aliphatic rings. The van der Waals surface area contributed by atoms with Crippen LogP contribution in [0.15, 0.2) is 41.0 Å². The van der Waals surface area contributed by atoms with Gasteiger partial charge in [0.1, 0.15) is 0 Å². The average molecular weight is 358 g/mol. The number of aromatic nitrogens is 1. The molecule has 2 rings (SSSR count). The third-order valence-electron chi connectivity index (χ3n) is 2.91. The normalized spacial score (nSPS) is 11.5. The van der Waals surface area contributed by atoms with Crippen LogP contribution in [-0.2, 0) is 12.6 Å². The van der Waals surface area contributed by atoms with Crippen LogP contribution in [0.2, 0.25) is 0 Å². The molecule has 1 aromatic heterocycles. The highest BCUT2D eigenvalue weighted by atomic mass is 79.9. The molecule has 0 spiro atoms. The predicted molar refractivity (Wildman–Crippen MR) is 76.2 cm³/mol. The SMILES string of the molecule is Cc1ccc(CC(=O)c2ccc(Br)c(C(F)(F)F)c2)nc1. The third kappa shape index (κ3) is 3.91. The van der Waals surface area contributed by atoms with Crippen LogP contribution in [0.25, 0.3) is 0 Å². The fraction of sp³-hybridized carbons (Fsp3) is 0.200. The lowest BCUT2D eigenvalue weighted by molar-refractivity contribution is -0.138.